The Bertz CT molecular complexity index is 898. The molecule has 0 aliphatic carbocycles. The molecule has 1 saturated heterocycles. The zero-order chi connectivity index (χ0) is 19.4. The molecule has 2 aromatic rings. The number of benzene rings is 1. The highest BCUT2D eigenvalue weighted by Gasteiger charge is 2.31. The lowest BCUT2D eigenvalue weighted by atomic mass is 10.2. The minimum atomic E-state index is -2.97. The molecule has 1 aromatic heterocycles. The van der Waals surface area contributed by atoms with E-state index in [0.717, 1.165) is 11.3 Å². The molecule has 1 N–H and O–H groups in total. The van der Waals surface area contributed by atoms with Gasteiger partial charge in [0.05, 0.1) is 31.0 Å². The summed E-state index contributed by atoms with van der Waals surface area (Å²) in [5.74, 6) is 1.29. The maximum absolute atomic E-state index is 12.2. The van der Waals surface area contributed by atoms with Gasteiger partial charge in [-0.2, -0.15) is 0 Å². The van der Waals surface area contributed by atoms with Crippen LogP contribution in [-0.4, -0.2) is 56.0 Å². The first-order valence-corrected chi connectivity index (χ1v) is 10.4. The Morgan fingerprint density at radius 2 is 2.00 bits per heavy atom. The van der Waals surface area contributed by atoms with E-state index in [1.807, 2.05) is 24.3 Å². The monoisotopic (exact) mass is 390 g/mol. The Kier molecular flexibility index (Phi) is 5.59. The molecule has 9 heteroatoms. The second kappa shape index (κ2) is 7.91. The van der Waals surface area contributed by atoms with Crippen LogP contribution in [0, 0.1) is 0 Å². The lowest BCUT2D eigenvalue weighted by Gasteiger charge is -2.23. The first kappa shape index (κ1) is 19.1. The van der Waals surface area contributed by atoms with Gasteiger partial charge in [-0.15, -0.1) is 0 Å². The fourth-order valence-electron chi connectivity index (χ4n) is 2.90. The van der Waals surface area contributed by atoms with Gasteiger partial charge in [0, 0.05) is 19.6 Å². The largest absolute Gasteiger partial charge is 0.497 e. The third kappa shape index (κ3) is 4.73. The summed E-state index contributed by atoms with van der Waals surface area (Å²) < 4.78 is 28.3. The summed E-state index contributed by atoms with van der Waals surface area (Å²) in [4.78, 5) is 22.5. The second-order valence-electron chi connectivity index (χ2n) is 6.46. The predicted octanol–water partition coefficient (Wildman–Crippen LogP) is 1.04. The summed E-state index contributed by atoms with van der Waals surface area (Å²) in [5.41, 5.74) is 1.15. The minimum absolute atomic E-state index is 0.112. The van der Waals surface area contributed by atoms with Crippen LogP contribution in [0.4, 0.5) is 5.82 Å². The van der Waals surface area contributed by atoms with Crippen LogP contribution in [0.25, 0.3) is 0 Å². The van der Waals surface area contributed by atoms with E-state index in [-0.39, 0.29) is 29.1 Å². The van der Waals surface area contributed by atoms with Crippen molar-refractivity contribution in [2.24, 2.45) is 0 Å². The quantitative estimate of drug-likeness (QED) is 0.786. The molecule has 0 saturated carbocycles. The number of ether oxygens (including phenoxy) is 1. The van der Waals surface area contributed by atoms with Gasteiger partial charge in [-0.25, -0.2) is 18.4 Å². The summed E-state index contributed by atoms with van der Waals surface area (Å²) in [5, 5.41) is 2.79. The topological polar surface area (TPSA) is 101 Å². The van der Waals surface area contributed by atoms with Gasteiger partial charge in [-0.05, 0) is 24.1 Å². The average molecular weight is 390 g/mol. The molecule has 1 atom stereocenters. The van der Waals surface area contributed by atoms with Crippen molar-refractivity contribution < 1.29 is 17.9 Å². The van der Waals surface area contributed by atoms with E-state index in [1.54, 1.807) is 19.1 Å². The Morgan fingerprint density at radius 3 is 2.56 bits per heavy atom. The number of nitrogens with one attached hydrogen (secondary N) is 1. The molecular weight excluding hydrogens is 368 g/mol. The van der Waals surface area contributed by atoms with E-state index in [1.165, 1.54) is 12.4 Å². The summed E-state index contributed by atoms with van der Waals surface area (Å²) in [6.45, 7) is 0.367. The van der Waals surface area contributed by atoms with Crippen LogP contribution in [0.15, 0.2) is 36.7 Å². The molecule has 0 radical (unpaired) electrons. The molecule has 1 amide bonds. The maximum Gasteiger partial charge on any atom is 0.271 e. The molecule has 1 aliphatic rings. The Balaban J connectivity index is 1.58. The van der Waals surface area contributed by atoms with Crippen molar-refractivity contribution >= 4 is 21.6 Å². The highest BCUT2D eigenvalue weighted by molar-refractivity contribution is 7.91. The number of carbonyl (C=O) groups is 1. The molecule has 3 rings (SSSR count). The van der Waals surface area contributed by atoms with Crippen LogP contribution in [-0.2, 0) is 16.4 Å². The lowest BCUT2D eigenvalue weighted by molar-refractivity contribution is 0.0945. The first-order chi connectivity index (χ1) is 12.9. The number of hydrogen-bond acceptors (Lipinski definition) is 7. The van der Waals surface area contributed by atoms with Crippen molar-refractivity contribution in [3.8, 4) is 5.75 Å². The molecule has 1 unspecified atom stereocenters. The fourth-order valence-corrected chi connectivity index (χ4v) is 4.68. The van der Waals surface area contributed by atoms with Crippen molar-refractivity contribution in [3.63, 3.8) is 0 Å². The van der Waals surface area contributed by atoms with E-state index >= 15 is 0 Å². The van der Waals surface area contributed by atoms with Gasteiger partial charge in [-0.1, -0.05) is 12.1 Å². The van der Waals surface area contributed by atoms with Gasteiger partial charge < -0.3 is 15.0 Å². The molecule has 0 spiro atoms. The van der Waals surface area contributed by atoms with Gasteiger partial charge >= 0.3 is 0 Å². The van der Waals surface area contributed by atoms with Gasteiger partial charge in [-0.3, -0.25) is 4.79 Å². The van der Waals surface area contributed by atoms with Crippen LogP contribution in [0.5, 0.6) is 5.75 Å². The molecule has 27 heavy (non-hydrogen) atoms. The highest BCUT2D eigenvalue weighted by Crippen LogP contribution is 2.20. The SMILES string of the molecule is COc1ccc(CNC(=O)c2cnc(N(C)C3CCS(=O)(=O)C3)cn2)cc1. The summed E-state index contributed by atoms with van der Waals surface area (Å²) in [6.07, 6.45) is 3.47. The Hall–Kier alpha value is -2.68. The number of hydrogen-bond donors (Lipinski definition) is 1. The first-order valence-electron chi connectivity index (χ1n) is 8.54. The number of methoxy groups -OCH3 is 1. The molecule has 2 heterocycles. The summed E-state index contributed by atoms with van der Waals surface area (Å²) in [6, 6.07) is 7.29. The number of carbonyl (C=O) groups excluding carboxylic acids is 1. The van der Waals surface area contributed by atoms with E-state index in [4.69, 9.17) is 4.74 Å². The summed E-state index contributed by atoms with van der Waals surface area (Å²) >= 11 is 0. The van der Waals surface area contributed by atoms with E-state index < -0.39 is 9.84 Å². The van der Waals surface area contributed by atoms with Crippen molar-refractivity contribution in [1.82, 2.24) is 15.3 Å². The summed E-state index contributed by atoms with van der Waals surface area (Å²) in [7, 11) is 0.420. The smallest absolute Gasteiger partial charge is 0.271 e. The van der Waals surface area contributed by atoms with E-state index in [2.05, 4.69) is 15.3 Å². The van der Waals surface area contributed by atoms with Gasteiger partial charge in [0.2, 0.25) is 0 Å². The molecule has 1 aromatic carbocycles. The van der Waals surface area contributed by atoms with Crippen molar-refractivity contribution in [2.45, 2.75) is 19.0 Å². The number of sulfone groups is 1. The molecular formula is C18H22N4O4S. The maximum atomic E-state index is 12.2. The van der Waals surface area contributed by atoms with Crippen LogP contribution in [0.1, 0.15) is 22.5 Å². The lowest BCUT2D eigenvalue weighted by Crippen LogP contribution is -2.33. The zero-order valence-corrected chi connectivity index (χ0v) is 16.1. The van der Waals surface area contributed by atoms with Crippen LogP contribution in [0.2, 0.25) is 0 Å². The number of amides is 1. The van der Waals surface area contributed by atoms with Gasteiger partial charge in [0.1, 0.15) is 17.3 Å². The standard InChI is InChI=1S/C18H22N4O4S/c1-22(14-7-8-27(24,25)12-14)17-11-19-16(10-20-17)18(23)21-9-13-3-5-15(26-2)6-4-13/h3-6,10-11,14H,7-9,12H2,1-2H3,(H,21,23). The van der Waals surface area contributed by atoms with Crippen LogP contribution in [0.3, 0.4) is 0 Å². The molecule has 1 fully saturated rings. The Labute approximate surface area is 158 Å². The molecule has 8 nitrogen and oxygen atoms in total. The van der Waals surface area contributed by atoms with Crippen molar-refractivity contribution in [3.05, 3.63) is 47.9 Å². The minimum Gasteiger partial charge on any atom is -0.497 e. The number of nitrogens with zero attached hydrogens (tertiary/aromatic N) is 3. The zero-order valence-electron chi connectivity index (χ0n) is 15.3. The van der Waals surface area contributed by atoms with Gasteiger partial charge in [0.15, 0.2) is 9.84 Å². The average Bonchev–Trinajstić information content (AvgIpc) is 3.05. The number of anilines is 1. The van der Waals surface area contributed by atoms with Crippen molar-refractivity contribution in [1.29, 1.82) is 0 Å². The van der Waals surface area contributed by atoms with E-state index in [0.29, 0.717) is 18.8 Å². The van der Waals surface area contributed by atoms with Crippen LogP contribution < -0.4 is 15.0 Å². The molecule has 144 valence electrons. The molecule has 0 bridgehead atoms. The highest BCUT2D eigenvalue weighted by atomic mass is 32.2. The number of rotatable bonds is 6. The Morgan fingerprint density at radius 1 is 1.26 bits per heavy atom. The van der Waals surface area contributed by atoms with Crippen LogP contribution >= 0.6 is 0 Å². The molecule has 1 aliphatic heterocycles. The number of aromatic nitrogens is 2. The fraction of sp³-hybridized carbons (Fsp3) is 0.389. The predicted molar refractivity (Wildman–Crippen MR) is 102 cm³/mol. The van der Waals surface area contributed by atoms with E-state index in [9.17, 15) is 13.2 Å². The van der Waals surface area contributed by atoms with Crippen molar-refractivity contribution in [2.75, 3.05) is 30.6 Å². The van der Waals surface area contributed by atoms with Gasteiger partial charge in [0.25, 0.3) is 5.91 Å². The third-order valence-corrected chi connectivity index (χ3v) is 6.35. The third-order valence-electron chi connectivity index (χ3n) is 4.60. The second-order valence-corrected chi connectivity index (χ2v) is 8.69. The normalized spacial score (nSPS) is 18.1.